The van der Waals surface area contributed by atoms with E-state index in [4.69, 9.17) is 0 Å². The number of alkyl halides is 3. The molecular formula is C19H21F3N2O3S. The molecule has 0 aliphatic carbocycles. The van der Waals surface area contributed by atoms with Gasteiger partial charge in [0.2, 0.25) is 15.9 Å². The van der Waals surface area contributed by atoms with Gasteiger partial charge in [-0.25, -0.2) is 8.42 Å². The first-order valence-corrected chi connectivity index (χ1v) is 10.3. The molecule has 0 spiro atoms. The van der Waals surface area contributed by atoms with Gasteiger partial charge < -0.3 is 5.32 Å². The number of hydrogen-bond donors (Lipinski definition) is 1. The quantitative estimate of drug-likeness (QED) is 0.775. The second-order valence-corrected chi connectivity index (χ2v) is 8.18. The minimum absolute atomic E-state index is 0.235. The van der Waals surface area contributed by atoms with Gasteiger partial charge in [0, 0.05) is 5.69 Å². The van der Waals surface area contributed by atoms with Crippen molar-refractivity contribution in [1.82, 2.24) is 0 Å². The molecule has 152 valence electrons. The van der Waals surface area contributed by atoms with Crippen LogP contribution in [0.25, 0.3) is 0 Å². The van der Waals surface area contributed by atoms with E-state index in [1.807, 2.05) is 19.1 Å². The lowest BCUT2D eigenvalue weighted by Crippen LogP contribution is -2.45. The summed E-state index contributed by atoms with van der Waals surface area (Å²) in [4.78, 5) is 12.6. The Morgan fingerprint density at radius 3 is 2.25 bits per heavy atom. The molecule has 0 radical (unpaired) electrons. The summed E-state index contributed by atoms with van der Waals surface area (Å²) in [5.41, 5.74) is 0.294. The van der Waals surface area contributed by atoms with Crippen LogP contribution in [-0.2, 0) is 27.4 Å². The molecule has 1 N–H and O–H groups in total. The highest BCUT2D eigenvalue weighted by Crippen LogP contribution is 2.33. The summed E-state index contributed by atoms with van der Waals surface area (Å²) in [6.45, 7) is 3.30. The van der Waals surface area contributed by atoms with Gasteiger partial charge in [-0.3, -0.25) is 9.10 Å². The number of benzene rings is 2. The van der Waals surface area contributed by atoms with Crippen molar-refractivity contribution in [3.8, 4) is 0 Å². The zero-order valence-corrected chi connectivity index (χ0v) is 16.4. The van der Waals surface area contributed by atoms with Crippen LogP contribution in [0.15, 0.2) is 48.5 Å². The van der Waals surface area contributed by atoms with Crippen LogP contribution in [0, 0.1) is 0 Å². The van der Waals surface area contributed by atoms with E-state index >= 15 is 0 Å². The molecule has 5 nitrogen and oxygen atoms in total. The Hall–Kier alpha value is -2.55. The van der Waals surface area contributed by atoms with Gasteiger partial charge in [0.15, 0.2) is 0 Å². The van der Waals surface area contributed by atoms with E-state index in [-0.39, 0.29) is 5.69 Å². The maximum Gasteiger partial charge on any atom is 0.416 e. The zero-order valence-electron chi connectivity index (χ0n) is 15.6. The molecule has 0 saturated heterocycles. The molecule has 2 aromatic carbocycles. The van der Waals surface area contributed by atoms with Crippen LogP contribution in [-0.4, -0.2) is 26.6 Å². The number of hydrogen-bond acceptors (Lipinski definition) is 3. The third-order valence-electron chi connectivity index (χ3n) is 4.15. The van der Waals surface area contributed by atoms with Crippen molar-refractivity contribution < 1.29 is 26.4 Å². The summed E-state index contributed by atoms with van der Waals surface area (Å²) in [6, 6.07) is 9.61. The van der Waals surface area contributed by atoms with Crippen LogP contribution >= 0.6 is 0 Å². The van der Waals surface area contributed by atoms with Crippen molar-refractivity contribution in [3.63, 3.8) is 0 Å². The standard InChI is InChI=1S/C19H21F3N2O3S/c1-4-14-8-10-16(11-9-14)23-18(25)13(2)24(28(3,26)27)17-7-5-6-15(12-17)19(20,21)22/h5-13H,4H2,1-3H3,(H,23,25). The highest BCUT2D eigenvalue weighted by molar-refractivity contribution is 7.92. The Labute approximate surface area is 162 Å². The van der Waals surface area contributed by atoms with Crippen molar-refractivity contribution in [3.05, 3.63) is 59.7 Å². The lowest BCUT2D eigenvalue weighted by Gasteiger charge is -2.28. The minimum atomic E-state index is -4.63. The van der Waals surface area contributed by atoms with Crippen molar-refractivity contribution in [2.24, 2.45) is 0 Å². The topological polar surface area (TPSA) is 66.5 Å². The SMILES string of the molecule is CCc1ccc(NC(=O)C(C)N(c2cccc(C(F)(F)F)c2)S(C)(=O)=O)cc1. The summed E-state index contributed by atoms with van der Waals surface area (Å²) in [5.74, 6) is -0.660. The van der Waals surface area contributed by atoms with Crippen molar-refractivity contribution >= 4 is 27.3 Å². The molecule has 0 bridgehead atoms. The molecule has 1 atom stereocenters. The number of sulfonamides is 1. The Kier molecular flexibility index (Phi) is 6.38. The fourth-order valence-corrected chi connectivity index (χ4v) is 3.87. The van der Waals surface area contributed by atoms with E-state index in [9.17, 15) is 26.4 Å². The van der Waals surface area contributed by atoms with Gasteiger partial charge >= 0.3 is 6.18 Å². The second kappa shape index (κ2) is 8.22. The molecule has 2 aromatic rings. The monoisotopic (exact) mass is 414 g/mol. The summed E-state index contributed by atoms with van der Waals surface area (Å²) in [6.07, 6.45) is -2.97. The number of nitrogens with one attached hydrogen (secondary N) is 1. The summed E-state index contributed by atoms with van der Waals surface area (Å²) < 4.78 is 64.1. The Morgan fingerprint density at radius 1 is 1.14 bits per heavy atom. The van der Waals surface area contributed by atoms with E-state index in [1.54, 1.807) is 12.1 Å². The minimum Gasteiger partial charge on any atom is -0.324 e. The fraction of sp³-hybridized carbons (Fsp3) is 0.316. The average molecular weight is 414 g/mol. The second-order valence-electron chi connectivity index (χ2n) is 6.32. The number of nitrogens with zero attached hydrogens (tertiary/aromatic N) is 1. The molecule has 0 heterocycles. The third kappa shape index (κ3) is 5.25. The van der Waals surface area contributed by atoms with Crippen molar-refractivity contribution in [2.75, 3.05) is 15.9 Å². The number of anilines is 2. The number of carbonyl (C=O) groups is 1. The maximum absolute atomic E-state index is 13.0. The number of aryl methyl sites for hydroxylation is 1. The van der Waals surface area contributed by atoms with Gasteiger partial charge in [-0.2, -0.15) is 13.2 Å². The van der Waals surface area contributed by atoms with E-state index < -0.39 is 33.7 Å². The lowest BCUT2D eigenvalue weighted by molar-refractivity contribution is -0.137. The van der Waals surface area contributed by atoms with Crippen LogP contribution < -0.4 is 9.62 Å². The number of carbonyl (C=O) groups excluding carboxylic acids is 1. The van der Waals surface area contributed by atoms with Crippen LogP contribution in [0.1, 0.15) is 25.0 Å². The molecule has 9 heteroatoms. The number of amides is 1. The summed E-state index contributed by atoms with van der Waals surface area (Å²) >= 11 is 0. The van der Waals surface area contributed by atoms with Crippen LogP contribution in [0.3, 0.4) is 0 Å². The molecular weight excluding hydrogens is 393 g/mol. The first-order valence-electron chi connectivity index (χ1n) is 8.50. The van der Waals surface area contributed by atoms with E-state index in [0.29, 0.717) is 16.1 Å². The Bertz CT molecular complexity index is 942. The van der Waals surface area contributed by atoms with E-state index in [1.165, 1.54) is 13.0 Å². The van der Waals surface area contributed by atoms with Gasteiger partial charge in [-0.05, 0) is 49.2 Å². The smallest absolute Gasteiger partial charge is 0.324 e. The van der Waals surface area contributed by atoms with E-state index in [2.05, 4.69) is 5.32 Å². The third-order valence-corrected chi connectivity index (χ3v) is 5.39. The van der Waals surface area contributed by atoms with Gasteiger partial charge in [0.05, 0.1) is 17.5 Å². The van der Waals surface area contributed by atoms with Gasteiger partial charge in [0.1, 0.15) is 6.04 Å². The molecule has 0 fully saturated rings. The molecule has 1 unspecified atom stereocenters. The lowest BCUT2D eigenvalue weighted by atomic mass is 10.1. The first kappa shape index (κ1) is 21.7. The summed E-state index contributed by atoms with van der Waals surface area (Å²) in [7, 11) is -4.02. The Morgan fingerprint density at radius 2 is 1.75 bits per heavy atom. The fourth-order valence-electron chi connectivity index (χ4n) is 2.70. The number of halogens is 3. The highest BCUT2D eigenvalue weighted by Gasteiger charge is 2.34. The van der Waals surface area contributed by atoms with Crippen LogP contribution in [0.5, 0.6) is 0 Å². The summed E-state index contributed by atoms with van der Waals surface area (Å²) in [5, 5.41) is 2.59. The predicted molar refractivity (Wildman–Crippen MR) is 103 cm³/mol. The molecule has 28 heavy (non-hydrogen) atoms. The first-order chi connectivity index (χ1) is 12.9. The largest absolute Gasteiger partial charge is 0.416 e. The number of rotatable bonds is 6. The molecule has 0 aliphatic heterocycles. The van der Waals surface area contributed by atoms with Crippen LogP contribution in [0.2, 0.25) is 0 Å². The molecule has 0 saturated carbocycles. The molecule has 1 amide bonds. The van der Waals surface area contributed by atoms with Crippen molar-refractivity contribution in [2.45, 2.75) is 32.5 Å². The maximum atomic E-state index is 13.0. The van der Waals surface area contributed by atoms with Crippen LogP contribution in [0.4, 0.5) is 24.5 Å². The van der Waals surface area contributed by atoms with Gasteiger partial charge in [0.25, 0.3) is 0 Å². The predicted octanol–water partition coefficient (Wildman–Crippen LogP) is 4.06. The molecule has 0 aliphatic rings. The molecule has 0 aromatic heterocycles. The van der Waals surface area contributed by atoms with E-state index in [0.717, 1.165) is 30.4 Å². The zero-order chi connectivity index (χ0) is 21.1. The highest BCUT2D eigenvalue weighted by atomic mass is 32.2. The van der Waals surface area contributed by atoms with Gasteiger partial charge in [-0.1, -0.05) is 25.1 Å². The molecule has 2 rings (SSSR count). The Balaban J connectivity index is 2.33. The van der Waals surface area contributed by atoms with Crippen molar-refractivity contribution in [1.29, 1.82) is 0 Å². The average Bonchev–Trinajstić information content (AvgIpc) is 2.60. The van der Waals surface area contributed by atoms with Gasteiger partial charge in [-0.15, -0.1) is 0 Å². The normalized spacial score (nSPS) is 13.1.